The Morgan fingerprint density at radius 2 is 1.49 bits per heavy atom. The number of carbonyl (C=O) groups is 2. The molecule has 8 nitrogen and oxygen atoms in total. The van der Waals surface area contributed by atoms with E-state index in [-0.39, 0.29) is 18.9 Å². The minimum Gasteiger partial charge on any atom is -0.496 e. The number of esters is 1. The van der Waals surface area contributed by atoms with Gasteiger partial charge in [0.15, 0.2) is 0 Å². The van der Waals surface area contributed by atoms with Gasteiger partial charge in [-0.3, -0.25) is 4.79 Å². The second-order valence-electron chi connectivity index (χ2n) is 8.78. The average Bonchev–Trinajstić information content (AvgIpc) is 3.24. The number of hydrogen-bond acceptors (Lipinski definition) is 7. The summed E-state index contributed by atoms with van der Waals surface area (Å²) in [6.07, 6.45) is 1.18. The van der Waals surface area contributed by atoms with Crippen LogP contribution in [0.25, 0.3) is 11.1 Å². The van der Waals surface area contributed by atoms with Crippen molar-refractivity contribution in [3.05, 3.63) is 77.4 Å². The lowest BCUT2D eigenvalue weighted by molar-refractivity contribution is -0.145. The van der Waals surface area contributed by atoms with Crippen LogP contribution in [0.5, 0.6) is 17.2 Å². The highest BCUT2D eigenvalue weighted by Gasteiger charge is 2.31. The van der Waals surface area contributed by atoms with E-state index in [0.29, 0.717) is 42.3 Å². The number of carbonyl (C=O) groups excluding carboxylic acids is 1. The molecular formula is C29H31NO7. The molecule has 3 aromatic carbocycles. The van der Waals surface area contributed by atoms with E-state index in [2.05, 4.69) is 24.3 Å². The Hall–Kier alpha value is -4.04. The van der Waals surface area contributed by atoms with Crippen molar-refractivity contribution in [1.82, 2.24) is 0 Å². The van der Waals surface area contributed by atoms with Crippen LogP contribution in [-0.2, 0) is 14.3 Å². The molecular weight excluding hydrogens is 474 g/mol. The van der Waals surface area contributed by atoms with Crippen molar-refractivity contribution in [2.24, 2.45) is 5.73 Å². The van der Waals surface area contributed by atoms with Crippen LogP contribution in [0.4, 0.5) is 0 Å². The van der Waals surface area contributed by atoms with Gasteiger partial charge in [-0.1, -0.05) is 48.5 Å². The van der Waals surface area contributed by atoms with Crippen molar-refractivity contribution in [3.63, 3.8) is 0 Å². The summed E-state index contributed by atoms with van der Waals surface area (Å²) >= 11 is 0. The van der Waals surface area contributed by atoms with Gasteiger partial charge in [0.2, 0.25) is 0 Å². The van der Waals surface area contributed by atoms with E-state index < -0.39 is 18.0 Å². The van der Waals surface area contributed by atoms with E-state index >= 15 is 0 Å². The van der Waals surface area contributed by atoms with Gasteiger partial charge in [-0.05, 0) is 35.1 Å². The maximum Gasteiger partial charge on any atom is 0.327 e. The number of methoxy groups -OCH3 is 2. The first-order chi connectivity index (χ1) is 17.9. The van der Waals surface area contributed by atoms with E-state index in [1.54, 1.807) is 12.1 Å². The lowest BCUT2D eigenvalue weighted by Crippen LogP contribution is -2.26. The maximum atomic E-state index is 13.1. The Bertz CT molecular complexity index is 1200. The van der Waals surface area contributed by atoms with Crippen LogP contribution in [0, 0.1) is 0 Å². The van der Waals surface area contributed by atoms with Crippen molar-refractivity contribution in [2.75, 3.05) is 27.4 Å². The molecule has 1 aliphatic carbocycles. The van der Waals surface area contributed by atoms with E-state index in [1.165, 1.54) is 14.2 Å². The summed E-state index contributed by atoms with van der Waals surface area (Å²) in [5.74, 6) is -0.380. The smallest absolute Gasteiger partial charge is 0.327 e. The van der Waals surface area contributed by atoms with Gasteiger partial charge in [0, 0.05) is 24.5 Å². The number of rotatable bonds is 12. The third-order valence-corrected chi connectivity index (χ3v) is 6.49. The van der Waals surface area contributed by atoms with Gasteiger partial charge >= 0.3 is 11.9 Å². The van der Waals surface area contributed by atoms with Gasteiger partial charge in [0.05, 0.1) is 26.4 Å². The number of carboxylic acid groups (broad SMARTS) is 1. The molecule has 0 spiro atoms. The molecule has 0 radical (unpaired) electrons. The number of benzene rings is 3. The average molecular weight is 506 g/mol. The minimum atomic E-state index is -1.14. The zero-order chi connectivity index (χ0) is 26.4. The zero-order valence-electron chi connectivity index (χ0n) is 20.9. The molecule has 8 heteroatoms. The third-order valence-electron chi connectivity index (χ3n) is 6.49. The van der Waals surface area contributed by atoms with Crippen molar-refractivity contribution < 1.29 is 33.6 Å². The molecule has 0 amide bonds. The van der Waals surface area contributed by atoms with Crippen LogP contribution in [0.2, 0.25) is 0 Å². The van der Waals surface area contributed by atoms with E-state index in [9.17, 15) is 9.59 Å². The summed E-state index contributed by atoms with van der Waals surface area (Å²) in [6.45, 7) is 0.486. The number of unbranched alkanes of at least 4 members (excludes halogenated alkanes) is 1. The highest BCUT2D eigenvalue weighted by molar-refractivity contribution is 5.81. The lowest BCUT2D eigenvalue weighted by Gasteiger charge is -2.21. The fraction of sp³-hybridized carbons (Fsp3) is 0.310. The Kier molecular flexibility index (Phi) is 8.30. The van der Waals surface area contributed by atoms with Crippen molar-refractivity contribution in [1.29, 1.82) is 0 Å². The normalized spacial score (nSPS) is 12.8. The second-order valence-corrected chi connectivity index (χ2v) is 8.78. The van der Waals surface area contributed by atoms with Gasteiger partial charge in [0.1, 0.15) is 29.9 Å². The molecule has 1 atom stereocenters. The monoisotopic (exact) mass is 505 g/mol. The first-order valence-electron chi connectivity index (χ1n) is 12.2. The van der Waals surface area contributed by atoms with Gasteiger partial charge in [-0.25, -0.2) is 4.79 Å². The quantitative estimate of drug-likeness (QED) is 0.269. The molecule has 3 N–H and O–H groups in total. The van der Waals surface area contributed by atoms with Crippen LogP contribution < -0.4 is 19.9 Å². The first kappa shape index (κ1) is 26.0. The number of hydrogen-bond donors (Lipinski definition) is 2. The van der Waals surface area contributed by atoms with Gasteiger partial charge in [0.25, 0.3) is 0 Å². The summed E-state index contributed by atoms with van der Waals surface area (Å²) in [5, 5.41) is 8.76. The van der Waals surface area contributed by atoms with Crippen LogP contribution in [0.1, 0.15) is 47.9 Å². The molecule has 0 unspecified atom stereocenters. The number of aliphatic carboxylic acids is 1. The highest BCUT2D eigenvalue weighted by Crippen LogP contribution is 2.45. The number of ether oxygens (including phenoxy) is 4. The fourth-order valence-corrected chi connectivity index (χ4v) is 4.69. The van der Waals surface area contributed by atoms with Crippen molar-refractivity contribution in [2.45, 2.75) is 31.2 Å². The van der Waals surface area contributed by atoms with Crippen LogP contribution in [-0.4, -0.2) is 44.5 Å². The Morgan fingerprint density at radius 3 is 2.03 bits per heavy atom. The maximum absolute atomic E-state index is 13.1. The summed E-state index contributed by atoms with van der Waals surface area (Å²) in [4.78, 5) is 23.8. The van der Waals surface area contributed by atoms with Gasteiger partial charge < -0.3 is 29.8 Å². The Balaban J connectivity index is 1.47. The molecule has 1 aliphatic rings. The Morgan fingerprint density at radius 1 is 0.919 bits per heavy atom. The molecule has 3 aromatic rings. The molecule has 0 heterocycles. The van der Waals surface area contributed by atoms with Crippen molar-refractivity contribution in [3.8, 4) is 28.4 Å². The van der Waals surface area contributed by atoms with Crippen LogP contribution in [0.15, 0.2) is 60.7 Å². The molecule has 0 saturated heterocycles. The topological polar surface area (TPSA) is 117 Å². The SMILES string of the molecule is COc1cc(OCCCCC(=O)O)cc(OC)c1[C@@H](N)C(=O)OCC1c2ccccc2-c2ccccc21. The molecule has 0 bridgehead atoms. The molecule has 4 rings (SSSR count). The predicted molar refractivity (Wildman–Crippen MR) is 138 cm³/mol. The van der Waals surface area contributed by atoms with Gasteiger partial charge in [-0.2, -0.15) is 0 Å². The molecule has 0 aromatic heterocycles. The van der Waals surface area contributed by atoms with Gasteiger partial charge in [-0.15, -0.1) is 0 Å². The standard InChI is InChI=1S/C29H31NO7/c1-34-24-15-18(36-14-8-7-13-26(31)32)16-25(35-2)27(24)28(30)29(33)37-17-23-21-11-5-3-9-19(21)20-10-4-6-12-22(20)23/h3-6,9-12,15-16,23,28H,7-8,13-14,17,30H2,1-2H3,(H,31,32)/t28-/m1/s1. The van der Waals surface area contributed by atoms with E-state index in [1.807, 2.05) is 24.3 Å². The van der Waals surface area contributed by atoms with Crippen LogP contribution in [0.3, 0.4) is 0 Å². The number of nitrogens with two attached hydrogens (primary N) is 1. The van der Waals surface area contributed by atoms with Crippen LogP contribution >= 0.6 is 0 Å². The number of fused-ring (bicyclic) bond motifs is 3. The molecule has 0 fully saturated rings. The summed E-state index contributed by atoms with van der Waals surface area (Å²) in [6, 6.07) is 18.4. The molecule has 37 heavy (non-hydrogen) atoms. The summed E-state index contributed by atoms with van der Waals surface area (Å²) in [5.41, 5.74) is 11.2. The van der Waals surface area contributed by atoms with E-state index in [4.69, 9.17) is 29.8 Å². The lowest BCUT2D eigenvalue weighted by atomic mass is 9.98. The van der Waals surface area contributed by atoms with E-state index in [0.717, 1.165) is 22.3 Å². The highest BCUT2D eigenvalue weighted by atomic mass is 16.5. The fourth-order valence-electron chi connectivity index (χ4n) is 4.69. The zero-order valence-corrected chi connectivity index (χ0v) is 20.9. The second kappa shape index (κ2) is 11.8. The minimum absolute atomic E-state index is 0.0794. The molecule has 0 saturated carbocycles. The molecule has 194 valence electrons. The largest absolute Gasteiger partial charge is 0.496 e. The number of carboxylic acids is 1. The van der Waals surface area contributed by atoms with Crippen molar-refractivity contribution >= 4 is 11.9 Å². The molecule has 0 aliphatic heterocycles. The third kappa shape index (κ3) is 5.70. The summed E-state index contributed by atoms with van der Waals surface area (Å²) in [7, 11) is 2.94. The first-order valence-corrected chi connectivity index (χ1v) is 12.2. The summed E-state index contributed by atoms with van der Waals surface area (Å²) < 4.78 is 22.5. The predicted octanol–water partition coefficient (Wildman–Crippen LogP) is 4.69. The Labute approximate surface area is 215 Å².